The van der Waals surface area contributed by atoms with Gasteiger partial charge in [-0.05, 0) is 37.1 Å². The van der Waals surface area contributed by atoms with E-state index in [2.05, 4.69) is 28.9 Å². The van der Waals surface area contributed by atoms with Gasteiger partial charge in [-0.2, -0.15) is 0 Å². The topological polar surface area (TPSA) is 50.8 Å². The molecule has 0 radical (unpaired) electrons. The van der Waals surface area contributed by atoms with Crippen molar-refractivity contribution in [2.75, 3.05) is 32.8 Å². The maximum atomic E-state index is 11.9. The molecular formula is C17H22N2O3. The smallest absolute Gasteiger partial charge is 0.234 e. The van der Waals surface area contributed by atoms with Crippen LogP contribution in [0, 0.1) is 0 Å². The molecule has 1 saturated heterocycles. The van der Waals surface area contributed by atoms with E-state index in [4.69, 9.17) is 9.47 Å². The molecule has 3 rings (SSSR count). The van der Waals surface area contributed by atoms with Gasteiger partial charge in [0.1, 0.15) is 13.2 Å². The molecule has 5 nitrogen and oxygen atoms in total. The Bertz CT molecular complexity index is 559. The number of carbonyl (C=O) groups is 1. The van der Waals surface area contributed by atoms with Crippen molar-refractivity contribution in [1.82, 2.24) is 10.2 Å². The number of hydrogen-bond acceptors (Lipinski definition) is 4. The van der Waals surface area contributed by atoms with E-state index in [1.54, 1.807) is 6.08 Å². The van der Waals surface area contributed by atoms with Crippen molar-refractivity contribution in [2.45, 2.75) is 18.9 Å². The second-order valence-corrected chi connectivity index (χ2v) is 5.62. The van der Waals surface area contributed by atoms with Gasteiger partial charge in [0.2, 0.25) is 5.91 Å². The van der Waals surface area contributed by atoms with Crippen molar-refractivity contribution in [2.24, 2.45) is 0 Å². The van der Waals surface area contributed by atoms with E-state index < -0.39 is 0 Å². The summed E-state index contributed by atoms with van der Waals surface area (Å²) in [5.41, 5.74) is 1.19. The molecule has 0 spiro atoms. The predicted molar refractivity (Wildman–Crippen MR) is 84.2 cm³/mol. The van der Waals surface area contributed by atoms with E-state index >= 15 is 0 Å². The van der Waals surface area contributed by atoms with E-state index in [0.29, 0.717) is 26.3 Å². The van der Waals surface area contributed by atoms with Crippen molar-refractivity contribution in [1.29, 1.82) is 0 Å². The zero-order chi connectivity index (χ0) is 15.4. The van der Waals surface area contributed by atoms with Crippen molar-refractivity contribution in [3.05, 3.63) is 36.4 Å². The van der Waals surface area contributed by atoms with E-state index in [0.717, 1.165) is 30.9 Å². The third-order valence-electron chi connectivity index (χ3n) is 4.10. The summed E-state index contributed by atoms with van der Waals surface area (Å²) < 4.78 is 11.2. The van der Waals surface area contributed by atoms with Crippen LogP contribution in [0.2, 0.25) is 0 Å². The Kier molecular flexibility index (Phi) is 4.63. The number of carbonyl (C=O) groups excluding carboxylic acids is 1. The number of fused-ring (bicyclic) bond motifs is 1. The van der Waals surface area contributed by atoms with Crippen LogP contribution in [0.5, 0.6) is 11.5 Å². The minimum absolute atomic E-state index is 0.0457. The second-order valence-electron chi connectivity index (χ2n) is 5.62. The number of rotatable bonds is 5. The Morgan fingerprint density at radius 3 is 3.00 bits per heavy atom. The summed E-state index contributed by atoms with van der Waals surface area (Å²) >= 11 is 0. The fourth-order valence-electron chi connectivity index (χ4n) is 3.09. The molecule has 1 atom stereocenters. The van der Waals surface area contributed by atoms with Crippen molar-refractivity contribution in [3.8, 4) is 11.5 Å². The molecule has 2 aliphatic rings. The van der Waals surface area contributed by atoms with Crippen LogP contribution in [-0.4, -0.2) is 43.7 Å². The third-order valence-corrected chi connectivity index (χ3v) is 4.10. The standard InChI is InChI=1S/C17H22N2O3/c1-2-7-18-17(20)12-19-8-3-4-14(19)13-5-6-15-16(11-13)22-10-9-21-15/h2,5-6,11,14H,1,3-4,7-10,12H2,(H,18,20). The van der Waals surface area contributed by atoms with Gasteiger partial charge in [-0.15, -0.1) is 6.58 Å². The predicted octanol–water partition coefficient (Wildman–Crippen LogP) is 1.90. The molecule has 0 saturated carbocycles. The Morgan fingerprint density at radius 2 is 2.18 bits per heavy atom. The molecule has 1 unspecified atom stereocenters. The van der Waals surface area contributed by atoms with Crippen molar-refractivity contribution in [3.63, 3.8) is 0 Å². The number of ether oxygens (including phenoxy) is 2. The van der Waals surface area contributed by atoms with E-state index in [1.165, 1.54) is 5.56 Å². The summed E-state index contributed by atoms with van der Waals surface area (Å²) in [5.74, 6) is 1.67. The SMILES string of the molecule is C=CCNC(=O)CN1CCCC1c1ccc2c(c1)OCCO2. The molecule has 1 N–H and O–H groups in total. The fraction of sp³-hybridized carbons (Fsp3) is 0.471. The monoisotopic (exact) mass is 302 g/mol. The van der Waals surface area contributed by atoms with Gasteiger partial charge < -0.3 is 14.8 Å². The van der Waals surface area contributed by atoms with Gasteiger partial charge in [-0.3, -0.25) is 9.69 Å². The number of amides is 1. The Balaban J connectivity index is 1.70. The van der Waals surface area contributed by atoms with Gasteiger partial charge >= 0.3 is 0 Å². The van der Waals surface area contributed by atoms with Crippen molar-refractivity contribution < 1.29 is 14.3 Å². The summed E-state index contributed by atoms with van der Waals surface area (Å²) in [6, 6.07) is 6.38. The zero-order valence-corrected chi connectivity index (χ0v) is 12.7. The minimum atomic E-state index is 0.0457. The summed E-state index contributed by atoms with van der Waals surface area (Å²) in [7, 11) is 0. The number of nitrogens with zero attached hydrogens (tertiary/aromatic N) is 1. The lowest BCUT2D eigenvalue weighted by molar-refractivity contribution is -0.122. The molecule has 0 aliphatic carbocycles. The normalized spacial score (nSPS) is 20.6. The first-order chi connectivity index (χ1) is 10.8. The molecular weight excluding hydrogens is 280 g/mol. The minimum Gasteiger partial charge on any atom is -0.486 e. The van der Waals surface area contributed by atoms with Gasteiger partial charge in [0.15, 0.2) is 11.5 Å². The first kappa shape index (κ1) is 14.9. The third kappa shape index (κ3) is 3.25. The molecule has 1 aromatic rings. The average Bonchev–Trinajstić information content (AvgIpc) is 3.00. The Morgan fingerprint density at radius 1 is 1.36 bits per heavy atom. The van der Waals surface area contributed by atoms with Crippen LogP contribution < -0.4 is 14.8 Å². The summed E-state index contributed by atoms with van der Waals surface area (Å²) in [4.78, 5) is 14.1. The second kappa shape index (κ2) is 6.83. The van der Waals surface area contributed by atoms with E-state index in [1.807, 2.05) is 6.07 Å². The number of nitrogens with one attached hydrogen (secondary N) is 1. The molecule has 1 aromatic carbocycles. The molecule has 0 aromatic heterocycles. The van der Waals surface area contributed by atoms with Gasteiger partial charge in [0.05, 0.1) is 6.54 Å². The maximum Gasteiger partial charge on any atom is 0.234 e. The fourth-order valence-corrected chi connectivity index (χ4v) is 3.09. The van der Waals surface area contributed by atoms with Crippen LogP contribution in [-0.2, 0) is 4.79 Å². The Labute approximate surface area is 130 Å². The van der Waals surface area contributed by atoms with Crippen molar-refractivity contribution >= 4 is 5.91 Å². The highest BCUT2D eigenvalue weighted by Crippen LogP contribution is 2.37. The van der Waals surface area contributed by atoms with Gasteiger partial charge in [0, 0.05) is 12.6 Å². The van der Waals surface area contributed by atoms with Crippen LogP contribution in [0.15, 0.2) is 30.9 Å². The molecule has 0 bridgehead atoms. The van der Waals surface area contributed by atoms with E-state index in [9.17, 15) is 4.79 Å². The van der Waals surface area contributed by atoms with Crippen LogP contribution in [0.4, 0.5) is 0 Å². The van der Waals surface area contributed by atoms with Crippen LogP contribution in [0.3, 0.4) is 0 Å². The van der Waals surface area contributed by atoms with Gasteiger partial charge in [-0.1, -0.05) is 12.1 Å². The summed E-state index contributed by atoms with van der Waals surface area (Å²) in [6.45, 7) is 6.69. The highest BCUT2D eigenvalue weighted by atomic mass is 16.6. The molecule has 118 valence electrons. The number of likely N-dealkylation sites (tertiary alicyclic amines) is 1. The lowest BCUT2D eigenvalue weighted by Crippen LogP contribution is -2.37. The van der Waals surface area contributed by atoms with Crippen LogP contribution in [0.1, 0.15) is 24.4 Å². The highest BCUT2D eigenvalue weighted by molar-refractivity contribution is 5.78. The maximum absolute atomic E-state index is 11.9. The number of benzene rings is 1. The highest BCUT2D eigenvalue weighted by Gasteiger charge is 2.28. The molecule has 5 heteroatoms. The largest absolute Gasteiger partial charge is 0.486 e. The van der Waals surface area contributed by atoms with Crippen LogP contribution >= 0.6 is 0 Å². The lowest BCUT2D eigenvalue weighted by Gasteiger charge is -2.26. The van der Waals surface area contributed by atoms with Gasteiger partial charge in [0.25, 0.3) is 0 Å². The molecule has 2 aliphatic heterocycles. The summed E-state index contributed by atoms with van der Waals surface area (Å²) in [6.07, 6.45) is 3.86. The lowest BCUT2D eigenvalue weighted by atomic mass is 10.0. The van der Waals surface area contributed by atoms with Gasteiger partial charge in [-0.25, -0.2) is 0 Å². The number of hydrogen-bond donors (Lipinski definition) is 1. The quantitative estimate of drug-likeness (QED) is 0.844. The van der Waals surface area contributed by atoms with E-state index in [-0.39, 0.29) is 11.9 Å². The first-order valence-electron chi connectivity index (χ1n) is 7.79. The Hall–Kier alpha value is -2.01. The average molecular weight is 302 g/mol. The summed E-state index contributed by atoms with van der Waals surface area (Å²) in [5, 5.41) is 2.84. The molecule has 22 heavy (non-hydrogen) atoms. The zero-order valence-electron chi connectivity index (χ0n) is 12.7. The molecule has 1 amide bonds. The molecule has 1 fully saturated rings. The first-order valence-corrected chi connectivity index (χ1v) is 7.79. The molecule has 2 heterocycles. The van der Waals surface area contributed by atoms with Crippen LogP contribution in [0.25, 0.3) is 0 Å².